The smallest absolute Gasteiger partial charge is 0.120 e. The molecule has 0 saturated carbocycles. The first-order valence-electron chi connectivity index (χ1n) is 19.2. The van der Waals surface area contributed by atoms with Gasteiger partial charge in [-0.2, -0.15) is 0 Å². The Bertz CT molecular complexity index is 1570. The second kappa shape index (κ2) is 23.5. The number of epoxide rings is 2. The summed E-state index contributed by atoms with van der Waals surface area (Å²) in [5, 5.41) is 0. The molecule has 0 N–H and O–H groups in total. The van der Waals surface area contributed by atoms with E-state index in [1.807, 2.05) is 114 Å². The molecule has 2 unspecified atom stereocenters. The molecule has 5 aromatic carbocycles. The average Bonchev–Trinajstić information content (AvgIpc) is 4.20. The fourth-order valence-corrected chi connectivity index (χ4v) is 4.73. The monoisotopic (exact) mass is 736 g/mol. The van der Waals surface area contributed by atoms with Gasteiger partial charge in [-0.3, -0.25) is 0 Å². The number of hydrogen-bond acceptors (Lipinski definition) is 8. The van der Waals surface area contributed by atoms with Crippen molar-refractivity contribution in [3.8, 4) is 34.5 Å². The van der Waals surface area contributed by atoms with Crippen LogP contribution < -0.4 is 28.4 Å². The zero-order valence-corrected chi connectivity index (χ0v) is 32.6. The molecule has 8 nitrogen and oxygen atoms in total. The zero-order valence-electron chi connectivity index (χ0n) is 32.6. The molecule has 0 spiro atoms. The molecule has 2 saturated heterocycles. The van der Waals surface area contributed by atoms with Crippen LogP contribution in [-0.4, -0.2) is 38.6 Å². The van der Waals surface area contributed by atoms with E-state index >= 15 is 0 Å². The molecule has 8 heteroatoms. The van der Waals surface area contributed by atoms with Crippen LogP contribution in [-0.2, 0) is 35.9 Å². The summed E-state index contributed by atoms with van der Waals surface area (Å²) in [6, 6.07) is 39.5. The predicted molar refractivity (Wildman–Crippen MR) is 214 cm³/mol. The highest BCUT2D eigenvalue weighted by Gasteiger charge is 2.23. The molecule has 5 aromatic rings. The van der Waals surface area contributed by atoms with Crippen molar-refractivity contribution in [2.75, 3.05) is 26.4 Å². The summed E-state index contributed by atoms with van der Waals surface area (Å²) in [6.07, 6.45) is 0.487. The van der Waals surface area contributed by atoms with Crippen molar-refractivity contribution in [3.63, 3.8) is 0 Å². The lowest BCUT2D eigenvalue weighted by Gasteiger charge is -2.11. The molecule has 2 aliphatic heterocycles. The van der Waals surface area contributed by atoms with Crippen LogP contribution in [0.25, 0.3) is 0 Å². The standard InChI is InChI=1S/C40H38O8.3C2H6/c1-5-31(23-43-35-13-17-37(18-14-35)45-25-39-27-47-39)6-2-29(1)21-41-33-9-11-34(12-10-33)42-22-30-3-7-32(8-4-30)24-44-36-15-19-38(20-16-36)46-26-40-28-48-40;3*1-2/h1-20,39-40H,21-28H2;3*1-2H3. The molecule has 288 valence electrons. The van der Waals surface area contributed by atoms with Gasteiger partial charge in [-0.25, -0.2) is 0 Å². The van der Waals surface area contributed by atoms with Gasteiger partial charge in [0.25, 0.3) is 0 Å². The SMILES string of the molecule is CC.CC.CC.c1cc(COc2ccc(OCC3CO3)cc2)ccc1COc1ccc(OCc2ccc(COc3ccc(OCC4CO4)cc3)cc2)cc1. The lowest BCUT2D eigenvalue weighted by atomic mass is 10.1. The molecule has 0 aliphatic carbocycles. The number of benzene rings is 5. The van der Waals surface area contributed by atoms with Crippen LogP contribution in [0.15, 0.2) is 121 Å². The molecular formula is C46H56O8. The third-order valence-corrected chi connectivity index (χ3v) is 7.82. The molecular weight excluding hydrogens is 680 g/mol. The Kier molecular flexibility index (Phi) is 18.1. The van der Waals surface area contributed by atoms with Crippen molar-refractivity contribution in [2.45, 2.75) is 80.2 Å². The summed E-state index contributed by atoms with van der Waals surface area (Å²) in [6.45, 7) is 16.7. The predicted octanol–water partition coefficient (Wildman–Crippen LogP) is 10.6. The maximum absolute atomic E-state index is 6.00. The number of hydrogen-bond donors (Lipinski definition) is 0. The molecule has 2 atom stereocenters. The molecule has 0 bridgehead atoms. The first-order chi connectivity index (χ1) is 26.7. The lowest BCUT2D eigenvalue weighted by Crippen LogP contribution is -2.03. The van der Waals surface area contributed by atoms with Crippen LogP contribution in [0.4, 0.5) is 0 Å². The first kappa shape index (κ1) is 41.6. The van der Waals surface area contributed by atoms with Gasteiger partial charge >= 0.3 is 0 Å². The fraction of sp³-hybridized carbons (Fsp3) is 0.348. The minimum atomic E-state index is 0.244. The Hall–Kier alpha value is -5.18. The van der Waals surface area contributed by atoms with Gasteiger partial charge in [-0.1, -0.05) is 90.1 Å². The van der Waals surface area contributed by atoms with E-state index in [9.17, 15) is 0 Å². The molecule has 0 aromatic heterocycles. The van der Waals surface area contributed by atoms with Gasteiger partial charge in [0.05, 0.1) is 13.2 Å². The topological polar surface area (TPSA) is 80.4 Å². The van der Waals surface area contributed by atoms with Crippen molar-refractivity contribution in [2.24, 2.45) is 0 Å². The maximum atomic E-state index is 6.00. The van der Waals surface area contributed by atoms with E-state index in [1.54, 1.807) is 0 Å². The van der Waals surface area contributed by atoms with Gasteiger partial charge in [-0.05, 0) is 95.1 Å². The van der Waals surface area contributed by atoms with Gasteiger partial charge in [0.2, 0.25) is 0 Å². The average molecular weight is 737 g/mol. The summed E-state index contributed by atoms with van der Waals surface area (Å²) in [5.74, 6) is 4.80. The minimum Gasteiger partial charge on any atom is -0.491 e. The maximum Gasteiger partial charge on any atom is 0.120 e. The van der Waals surface area contributed by atoms with E-state index in [0.29, 0.717) is 39.6 Å². The van der Waals surface area contributed by atoms with Crippen molar-refractivity contribution < 1.29 is 37.9 Å². The van der Waals surface area contributed by atoms with Crippen LogP contribution in [0.2, 0.25) is 0 Å². The first-order valence-corrected chi connectivity index (χ1v) is 19.2. The minimum absolute atomic E-state index is 0.244. The summed E-state index contributed by atoms with van der Waals surface area (Å²) in [4.78, 5) is 0. The van der Waals surface area contributed by atoms with Crippen molar-refractivity contribution in [1.82, 2.24) is 0 Å². The second-order valence-electron chi connectivity index (χ2n) is 11.7. The van der Waals surface area contributed by atoms with E-state index in [4.69, 9.17) is 37.9 Å². The third kappa shape index (κ3) is 15.0. The van der Waals surface area contributed by atoms with E-state index in [1.165, 1.54) is 0 Å². The molecule has 0 amide bonds. The Morgan fingerprint density at radius 2 is 0.519 bits per heavy atom. The highest BCUT2D eigenvalue weighted by molar-refractivity contribution is 5.34. The van der Waals surface area contributed by atoms with Gasteiger partial charge in [0, 0.05) is 0 Å². The largest absolute Gasteiger partial charge is 0.491 e. The van der Waals surface area contributed by atoms with Crippen molar-refractivity contribution >= 4 is 0 Å². The molecule has 2 fully saturated rings. The molecule has 7 rings (SSSR count). The lowest BCUT2D eigenvalue weighted by molar-refractivity contribution is 0.262. The Balaban J connectivity index is 0.00000103. The number of ether oxygens (including phenoxy) is 8. The Labute approximate surface area is 321 Å². The van der Waals surface area contributed by atoms with Crippen LogP contribution in [0.5, 0.6) is 34.5 Å². The molecule has 2 aliphatic rings. The quantitative estimate of drug-likeness (QED) is 0.0823. The Morgan fingerprint density at radius 3 is 0.704 bits per heavy atom. The van der Waals surface area contributed by atoms with Gasteiger partial charge in [-0.15, -0.1) is 0 Å². The molecule has 2 heterocycles. The second-order valence-corrected chi connectivity index (χ2v) is 11.7. The normalized spacial score (nSPS) is 14.6. The molecule has 54 heavy (non-hydrogen) atoms. The van der Waals surface area contributed by atoms with Gasteiger partial charge in [0.1, 0.15) is 86.3 Å². The van der Waals surface area contributed by atoms with Crippen LogP contribution >= 0.6 is 0 Å². The van der Waals surface area contributed by atoms with E-state index in [0.717, 1.165) is 70.0 Å². The zero-order chi connectivity index (χ0) is 38.4. The van der Waals surface area contributed by atoms with Crippen LogP contribution in [0, 0.1) is 0 Å². The summed E-state index contributed by atoms with van der Waals surface area (Å²) in [7, 11) is 0. The van der Waals surface area contributed by atoms with E-state index in [-0.39, 0.29) is 12.2 Å². The third-order valence-electron chi connectivity index (χ3n) is 7.82. The summed E-state index contributed by atoms with van der Waals surface area (Å²) >= 11 is 0. The van der Waals surface area contributed by atoms with E-state index < -0.39 is 0 Å². The molecule has 0 radical (unpaired) electrons. The Morgan fingerprint density at radius 1 is 0.333 bits per heavy atom. The van der Waals surface area contributed by atoms with Gasteiger partial charge in [0.15, 0.2) is 0 Å². The van der Waals surface area contributed by atoms with Crippen molar-refractivity contribution in [1.29, 1.82) is 0 Å². The van der Waals surface area contributed by atoms with Crippen molar-refractivity contribution in [3.05, 3.63) is 144 Å². The highest BCUT2D eigenvalue weighted by atomic mass is 16.6. The summed E-state index contributed by atoms with van der Waals surface area (Å²) < 4.78 is 45.5. The van der Waals surface area contributed by atoms with Crippen LogP contribution in [0.3, 0.4) is 0 Å². The van der Waals surface area contributed by atoms with Crippen LogP contribution in [0.1, 0.15) is 63.8 Å². The highest BCUT2D eigenvalue weighted by Crippen LogP contribution is 2.23. The van der Waals surface area contributed by atoms with E-state index in [2.05, 4.69) is 48.5 Å². The summed E-state index contributed by atoms with van der Waals surface area (Å²) in [5.41, 5.74) is 4.33. The fourth-order valence-electron chi connectivity index (χ4n) is 4.73. The number of rotatable bonds is 18. The van der Waals surface area contributed by atoms with Gasteiger partial charge < -0.3 is 37.9 Å².